The molecule has 3 N–H and O–H groups in total. The van der Waals surface area contributed by atoms with Crippen molar-refractivity contribution >= 4 is 69.6 Å². The Hall–Kier alpha value is -2.63. The Balaban J connectivity index is 1.80. The molecular formula is C19H11Cl3F5N3O3. The van der Waals surface area contributed by atoms with Gasteiger partial charge in [-0.2, -0.15) is 13.2 Å². The minimum atomic E-state index is -5.32. The van der Waals surface area contributed by atoms with Gasteiger partial charge in [0.2, 0.25) is 5.91 Å². The molecule has 3 amide bonds. The Morgan fingerprint density at radius 3 is 2.06 bits per heavy atom. The summed E-state index contributed by atoms with van der Waals surface area (Å²) in [7, 11) is 0. The number of hydrogen-bond donors (Lipinski definition) is 3. The van der Waals surface area contributed by atoms with Crippen LogP contribution < -0.4 is 16.0 Å². The minimum Gasteiger partial charge on any atom is -0.326 e. The van der Waals surface area contributed by atoms with Gasteiger partial charge < -0.3 is 16.0 Å². The van der Waals surface area contributed by atoms with Gasteiger partial charge in [-0.25, -0.2) is 8.78 Å². The highest BCUT2D eigenvalue weighted by Crippen LogP contribution is 2.53. The van der Waals surface area contributed by atoms with Gasteiger partial charge in [-0.05, 0) is 30.7 Å². The summed E-state index contributed by atoms with van der Waals surface area (Å²) in [6.45, 7) is 0. The van der Waals surface area contributed by atoms with Gasteiger partial charge >= 0.3 is 12.1 Å². The van der Waals surface area contributed by atoms with Crippen LogP contribution in [-0.4, -0.2) is 28.2 Å². The molecule has 0 aromatic heterocycles. The van der Waals surface area contributed by atoms with Crippen LogP contribution in [0, 0.1) is 17.6 Å². The largest absolute Gasteiger partial charge is 0.471 e. The van der Waals surface area contributed by atoms with Gasteiger partial charge in [0.05, 0.1) is 27.9 Å². The fraction of sp³-hybridized carbons (Fsp3) is 0.211. The average Bonchev–Trinajstić information content (AvgIpc) is 3.34. The highest BCUT2D eigenvalue weighted by atomic mass is 35.5. The Bertz CT molecular complexity index is 1160. The number of hydrogen-bond acceptors (Lipinski definition) is 3. The van der Waals surface area contributed by atoms with Crippen molar-refractivity contribution in [3.8, 4) is 0 Å². The summed E-state index contributed by atoms with van der Waals surface area (Å²) in [5.41, 5.74) is -1.88. The maximum atomic E-state index is 14.1. The van der Waals surface area contributed by atoms with E-state index >= 15 is 0 Å². The lowest BCUT2D eigenvalue weighted by Gasteiger charge is -2.13. The van der Waals surface area contributed by atoms with Crippen LogP contribution in [0.25, 0.3) is 0 Å². The van der Waals surface area contributed by atoms with Crippen molar-refractivity contribution in [2.75, 3.05) is 16.0 Å². The van der Waals surface area contributed by atoms with E-state index in [9.17, 15) is 36.3 Å². The van der Waals surface area contributed by atoms with E-state index in [4.69, 9.17) is 34.8 Å². The summed E-state index contributed by atoms with van der Waals surface area (Å²) >= 11 is 17.6. The molecule has 2 aromatic carbocycles. The fourth-order valence-electron chi connectivity index (χ4n) is 2.63. The third-order valence-electron chi connectivity index (χ3n) is 4.43. The molecule has 14 heteroatoms. The van der Waals surface area contributed by atoms with Crippen molar-refractivity contribution in [2.24, 2.45) is 5.92 Å². The third-order valence-corrected chi connectivity index (χ3v) is 5.60. The monoisotopic (exact) mass is 529 g/mol. The van der Waals surface area contributed by atoms with Crippen LogP contribution >= 0.6 is 34.8 Å². The summed E-state index contributed by atoms with van der Waals surface area (Å²) in [5.74, 6) is -7.53. The molecule has 3 rings (SSSR count). The van der Waals surface area contributed by atoms with Gasteiger partial charge in [-0.15, -0.1) is 23.2 Å². The second-order valence-electron chi connectivity index (χ2n) is 6.92. The van der Waals surface area contributed by atoms with Crippen molar-refractivity contribution in [2.45, 2.75) is 16.9 Å². The minimum absolute atomic E-state index is 0.117. The highest BCUT2D eigenvalue weighted by molar-refractivity contribution is 6.52. The molecular weight excluding hydrogens is 520 g/mol. The van der Waals surface area contributed by atoms with Crippen LogP contribution in [-0.2, 0) is 9.59 Å². The Labute approximate surface area is 197 Å². The third kappa shape index (κ3) is 5.84. The van der Waals surface area contributed by atoms with Gasteiger partial charge in [0.1, 0.15) is 16.0 Å². The van der Waals surface area contributed by atoms with Crippen LogP contribution in [0.15, 0.2) is 30.3 Å². The van der Waals surface area contributed by atoms with Gasteiger partial charge in [-0.1, -0.05) is 11.6 Å². The molecule has 1 unspecified atom stereocenters. The van der Waals surface area contributed by atoms with Crippen LogP contribution in [0.3, 0.4) is 0 Å². The summed E-state index contributed by atoms with van der Waals surface area (Å²) in [6, 6.07) is 4.42. The van der Waals surface area contributed by atoms with E-state index < -0.39 is 57.2 Å². The molecule has 0 aliphatic heterocycles. The van der Waals surface area contributed by atoms with Crippen LogP contribution in [0.4, 0.5) is 39.0 Å². The van der Waals surface area contributed by atoms with Crippen LogP contribution in [0.1, 0.15) is 16.8 Å². The summed E-state index contributed by atoms with van der Waals surface area (Å²) in [4.78, 5) is 35.7. The average molecular weight is 531 g/mol. The number of carbonyl (C=O) groups is 3. The lowest BCUT2D eigenvalue weighted by atomic mass is 10.1. The number of nitrogens with one attached hydrogen (secondary N) is 3. The highest BCUT2D eigenvalue weighted by Gasteiger charge is 2.56. The number of alkyl halides is 5. The number of carbonyl (C=O) groups excluding carboxylic acids is 3. The lowest BCUT2D eigenvalue weighted by Crippen LogP contribution is -2.30. The van der Waals surface area contributed by atoms with E-state index in [0.717, 1.165) is 6.07 Å². The second-order valence-corrected chi connectivity index (χ2v) is 8.87. The summed E-state index contributed by atoms with van der Waals surface area (Å²) < 4.78 is 63.9. The first-order valence-electron chi connectivity index (χ1n) is 8.86. The number of halogens is 8. The normalized spacial score (nSPS) is 16.7. The van der Waals surface area contributed by atoms with E-state index in [0.29, 0.717) is 6.07 Å². The predicted octanol–water partition coefficient (Wildman–Crippen LogP) is 5.50. The van der Waals surface area contributed by atoms with E-state index in [1.165, 1.54) is 17.4 Å². The molecule has 1 aliphatic carbocycles. The summed E-state index contributed by atoms with van der Waals surface area (Å²) in [5, 5.41) is 5.64. The van der Waals surface area contributed by atoms with E-state index in [1.807, 2.05) is 5.32 Å². The van der Waals surface area contributed by atoms with Gasteiger partial charge in [-0.3, -0.25) is 14.4 Å². The summed E-state index contributed by atoms with van der Waals surface area (Å²) in [6.07, 6.45) is -5.09. The maximum Gasteiger partial charge on any atom is 0.471 e. The van der Waals surface area contributed by atoms with Crippen LogP contribution in [0.5, 0.6) is 0 Å². The van der Waals surface area contributed by atoms with E-state index in [1.54, 1.807) is 0 Å². The first-order valence-corrected chi connectivity index (χ1v) is 9.99. The quantitative estimate of drug-likeness (QED) is 0.352. The SMILES string of the molecule is O=C(Nc1cc(NC(=O)C(F)(F)F)c(F)cc1F)c1cc(NC(=O)C2CC2(Cl)Cl)ccc1Cl. The number of amides is 3. The molecule has 0 heterocycles. The molecule has 1 saturated carbocycles. The molecule has 6 nitrogen and oxygen atoms in total. The maximum absolute atomic E-state index is 14.1. The molecule has 0 spiro atoms. The molecule has 1 aliphatic rings. The first-order chi connectivity index (χ1) is 15.2. The standard InChI is InChI=1S/C19H11Cl3F5N3O3/c20-10-2-1-7(28-16(32)9-6-18(9,21)22)3-8(10)15(31)29-13-5-14(12(24)4-11(13)23)30-17(33)19(25,26)27/h1-5,9H,6H2,(H,28,32)(H,29,31)(H,30,33). The van der Waals surface area contributed by atoms with Gasteiger partial charge in [0, 0.05) is 11.8 Å². The molecule has 1 atom stereocenters. The van der Waals surface area contributed by atoms with Crippen molar-refractivity contribution in [3.05, 3.63) is 52.6 Å². The Morgan fingerprint density at radius 1 is 0.939 bits per heavy atom. The molecule has 0 bridgehead atoms. The van der Waals surface area contributed by atoms with Crippen molar-refractivity contribution in [1.29, 1.82) is 0 Å². The molecule has 33 heavy (non-hydrogen) atoms. The van der Waals surface area contributed by atoms with Crippen molar-refractivity contribution in [1.82, 2.24) is 0 Å². The Kier molecular flexibility index (Phi) is 6.79. The zero-order chi connectivity index (χ0) is 24.7. The Morgan fingerprint density at radius 2 is 1.52 bits per heavy atom. The van der Waals surface area contributed by atoms with Gasteiger partial charge in [0.15, 0.2) is 0 Å². The van der Waals surface area contributed by atoms with E-state index in [-0.39, 0.29) is 28.8 Å². The van der Waals surface area contributed by atoms with Crippen LogP contribution in [0.2, 0.25) is 5.02 Å². The van der Waals surface area contributed by atoms with Crippen molar-refractivity contribution in [3.63, 3.8) is 0 Å². The predicted molar refractivity (Wildman–Crippen MR) is 112 cm³/mol. The topological polar surface area (TPSA) is 87.3 Å². The molecule has 2 aromatic rings. The molecule has 0 radical (unpaired) electrons. The zero-order valence-electron chi connectivity index (χ0n) is 15.9. The molecule has 1 fully saturated rings. The van der Waals surface area contributed by atoms with Crippen molar-refractivity contribution < 1.29 is 36.3 Å². The number of rotatable bonds is 5. The smallest absolute Gasteiger partial charge is 0.326 e. The molecule has 176 valence electrons. The second kappa shape index (κ2) is 8.96. The molecule has 0 saturated heterocycles. The fourth-order valence-corrected chi connectivity index (χ4v) is 3.34. The van der Waals surface area contributed by atoms with E-state index in [2.05, 4.69) is 5.32 Å². The lowest BCUT2D eigenvalue weighted by molar-refractivity contribution is -0.167. The van der Waals surface area contributed by atoms with Gasteiger partial charge in [0.25, 0.3) is 5.91 Å². The number of anilines is 3. The number of benzene rings is 2. The zero-order valence-corrected chi connectivity index (χ0v) is 18.2. The first kappa shape index (κ1) is 25.0.